The van der Waals surface area contributed by atoms with Gasteiger partial charge in [-0.15, -0.1) is 13.2 Å². The van der Waals surface area contributed by atoms with Gasteiger partial charge in [0.15, 0.2) is 0 Å². The van der Waals surface area contributed by atoms with E-state index >= 15 is 0 Å². The second kappa shape index (κ2) is 3.80. The van der Waals surface area contributed by atoms with E-state index in [1.54, 1.807) is 0 Å². The summed E-state index contributed by atoms with van der Waals surface area (Å²) in [4.78, 5) is 0. The highest BCUT2D eigenvalue weighted by atomic mass is 14.4. The second-order valence-electron chi connectivity index (χ2n) is 3.78. The molecule has 10 heavy (non-hydrogen) atoms. The summed E-state index contributed by atoms with van der Waals surface area (Å²) < 4.78 is 0. The third-order valence-electron chi connectivity index (χ3n) is 2.79. The Morgan fingerprint density at radius 1 is 1.30 bits per heavy atom. The van der Waals surface area contributed by atoms with Gasteiger partial charge in [-0.3, -0.25) is 0 Å². The van der Waals surface area contributed by atoms with E-state index in [9.17, 15) is 0 Å². The Morgan fingerprint density at radius 3 is 1.90 bits per heavy atom. The van der Waals surface area contributed by atoms with Crippen LogP contribution in [0.15, 0.2) is 13.2 Å². The molecule has 0 bridgehead atoms. The molecule has 0 aromatic rings. The summed E-state index contributed by atoms with van der Waals surface area (Å²) in [5.74, 6) is 0.961. The highest BCUT2D eigenvalue weighted by Crippen LogP contribution is 2.41. The van der Waals surface area contributed by atoms with Crippen LogP contribution in [0.25, 0.3) is 0 Å². The van der Waals surface area contributed by atoms with E-state index in [1.807, 2.05) is 0 Å². The Kier molecular flexibility index (Phi) is 3.70. The molecule has 1 aliphatic carbocycles. The van der Waals surface area contributed by atoms with Crippen LogP contribution in [0, 0.1) is 11.3 Å². The van der Waals surface area contributed by atoms with Gasteiger partial charge in [0.25, 0.3) is 0 Å². The largest absolute Gasteiger partial charge is 0.106 e. The minimum atomic E-state index is 0.653. The molecule has 0 nitrogen and oxygen atoms in total. The fourth-order valence-electron chi connectivity index (χ4n) is 1.50. The van der Waals surface area contributed by atoms with E-state index in [1.165, 1.54) is 19.3 Å². The molecule has 0 saturated heterocycles. The zero-order valence-electron chi connectivity index (χ0n) is 7.61. The molecule has 0 amide bonds. The van der Waals surface area contributed by atoms with Crippen molar-refractivity contribution in [3.05, 3.63) is 13.2 Å². The molecule has 0 radical (unpaired) electrons. The van der Waals surface area contributed by atoms with E-state index in [-0.39, 0.29) is 0 Å². The first-order chi connectivity index (χ1) is 4.63. The van der Waals surface area contributed by atoms with Crippen LogP contribution in [-0.2, 0) is 0 Å². The number of hydrogen-bond acceptors (Lipinski definition) is 0. The molecule has 0 heteroatoms. The molecule has 1 atom stereocenters. The molecule has 0 spiro atoms. The minimum absolute atomic E-state index is 0.653. The summed E-state index contributed by atoms with van der Waals surface area (Å²) in [5.41, 5.74) is 0.653. The van der Waals surface area contributed by atoms with E-state index in [2.05, 4.69) is 33.9 Å². The molecule has 0 aromatic heterocycles. The molecule has 0 N–H and O–H groups in total. The smallest absolute Gasteiger partial charge is 0.0329 e. The van der Waals surface area contributed by atoms with Crippen molar-refractivity contribution >= 4 is 0 Å². The highest BCUT2D eigenvalue weighted by molar-refractivity contribution is 4.81. The van der Waals surface area contributed by atoms with Crippen LogP contribution in [0.1, 0.15) is 40.0 Å². The first-order valence-electron chi connectivity index (χ1n) is 4.13. The Labute approximate surface area is 65.3 Å². The predicted octanol–water partition coefficient (Wildman–Crippen LogP) is 3.63. The molecule has 1 unspecified atom stereocenters. The van der Waals surface area contributed by atoms with Gasteiger partial charge in [-0.1, -0.05) is 33.6 Å². The Morgan fingerprint density at radius 2 is 1.80 bits per heavy atom. The summed E-state index contributed by atoms with van der Waals surface area (Å²) in [6, 6.07) is 0. The van der Waals surface area contributed by atoms with Crippen molar-refractivity contribution in [1.82, 2.24) is 0 Å². The summed E-state index contributed by atoms with van der Waals surface area (Å²) in [7, 11) is 0. The Hall–Kier alpha value is -0.260. The van der Waals surface area contributed by atoms with E-state index in [0.29, 0.717) is 5.41 Å². The van der Waals surface area contributed by atoms with Crippen LogP contribution < -0.4 is 0 Å². The van der Waals surface area contributed by atoms with Crippen molar-refractivity contribution in [1.29, 1.82) is 0 Å². The summed E-state index contributed by atoms with van der Waals surface area (Å²) in [6.07, 6.45) is 4.34. The van der Waals surface area contributed by atoms with E-state index in [4.69, 9.17) is 0 Å². The quantitative estimate of drug-likeness (QED) is 0.451. The summed E-state index contributed by atoms with van der Waals surface area (Å²) in [6.45, 7) is 13.1. The fourth-order valence-corrected chi connectivity index (χ4v) is 1.50. The van der Waals surface area contributed by atoms with E-state index in [0.717, 1.165) is 5.92 Å². The van der Waals surface area contributed by atoms with Crippen molar-refractivity contribution < 1.29 is 0 Å². The maximum absolute atomic E-state index is 3.00. The third-order valence-corrected chi connectivity index (χ3v) is 2.79. The molecule has 60 valence electrons. The number of rotatable bonds is 0. The van der Waals surface area contributed by atoms with Gasteiger partial charge in [0.05, 0.1) is 0 Å². The SMILES string of the molecule is C=C.CC1CCCC1(C)C. The van der Waals surface area contributed by atoms with Gasteiger partial charge in [0.1, 0.15) is 0 Å². The normalized spacial score (nSPS) is 28.9. The zero-order valence-corrected chi connectivity index (χ0v) is 7.61. The molecular weight excluding hydrogens is 120 g/mol. The van der Waals surface area contributed by atoms with Crippen LogP contribution in [0.5, 0.6) is 0 Å². The maximum atomic E-state index is 3.00. The maximum Gasteiger partial charge on any atom is -0.0329 e. The lowest BCUT2D eigenvalue weighted by atomic mass is 9.83. The van der Waals surface area contributed by atoms with Crippen LogP contribution in [0.4, 0.5) is 0 Å². The topological polar surface area (TPSA) is 0 Å². The van der Waals surface area contributed by atoms with Gasteiger partial charge in [-0.2, -0.15) is 0 Å². The molecular formula is C10H20. The summed E-state index contributed by atoms with van der Waals surface area (Å²) in [5, 5.41) is 0. The number of hydrogen-bond donors (Lipinski definition) is 0. The lowest BCUT2D eigenvalue weighted by Crippen LogP contribution is -2.13. The predicted molar refractivity (Wildman–Crippen MR) is 48.1 cm³/mol. The van der Waals surface area contributed by atoms with Crippen LogP contribution in [0.2, 0.25) is 0 Å². The lowest BCUT2D eigenvalue weighted by molar-refractivity contribution is 0.281. The molecule has 1 aliphatic rings. The third kappa shape index (κ3) is 2.17. The van der Waals surface area contributed by atoms with Gasteiger partial charge in [-0.25, -0.2) is 0 Å². The average molecular weight is 140 g/mol. The van der Waals surface area contributed by atoms with Crippen molar-refractivity contribution in [2.45, 2.75) is 40.0 Å². The standard InChI is InChI=1S/C8H16.C2H4/c1-7-5-4-6-8(7,2)3;1-2/h7H,4-6H2,1-3H3;1-2H2. The van der Waals surface area contributed by atoms with Crippen molar-refractivity contribution in [3.8, 4) is 0 Å². The molecule has 0 aromatic carbocycles. The monoisotopic (exact) mass is 140 g/mol. The van der Waals surface area contributed by atoms with Crippen LogP contribution in [-0.4, -0.2) is 0 Å². The molecule has 0 aliphatic heterocycles. The minimum Gasteiger partial charge on any atom is -0.106 e. The Bertz CT molecular complexity index is 92.2. The van der Waals surface area contributed by atoms with Gasteiger partial charge < -0.3 is 0 Å². The van der Waals surface area contributed by atoms with Gasteiger partial charge >= 0.3 is 0 Å². The lowest BCUT2D eigenvalue weighted by Gasteiger charge is -2.22. The van der Waals surface area contributed by atoms with Gasteiger partial charge in [0, 0.05) is 0 Å². The van der Waals surface area contributed by atoms with Crippen LogP contribution >= 0.6 is 0 Å². The molecule has 1 saturated carbocycles. The van der Waals surface area contributed by atoms with Crippen LogP contribution in [0.3, 0.4) is 0 Å². The molecule has 1 fully saturated rings. The Balaban J connectivity index is 0.000000371. The van der Waals surface area contributed by atoms with Crippen molar-refractivity contribution in [3.63, 3.8) is 0 Å². The van der Waals surface area contributed by atoms with Crippen molar-refractivity contribution in [2.75, 3.05) is 0 Å². The highest BCUT2D eigenvalue weighted by Gasteiger charge is 2.30. The first-order valence-corrected chi connectivity index (χ1v) is 4.13. The van der Waals surface area contributed by atoms with Gasteiger partial charge in [0.2, 0.25) is 0 Å². The average Bonchev–Trinajstić information content (AvgIpc) is 2.17. The fraction of sp³-hybridized carbons (Fsp3) is 0.800. The molecule has 0 heterocycles. The zero-order chi connectivity index (χ0) is 8.20. The second-order valence-corrected chi connectivity index (χ2v) is 3.78. The first kappa shape index (κ1) is 9.74. The van der Waals surface area contributed by atoms with E-state index < -0.39 is 0 Å². The van der Waals surface area contributed by atoms with Crippen molar-refractivity contribution in [2.24, 2.45) is 11.3 Å². The summed E-state index contributed by atoms with van der Waals surface area (Å²) >= 11 is 0. The van der Waals surface area contributed by atoms with Gasteiger partial charge in [-0.05, 0) is 17.8 Å². The molecule has 1 rings (SSSR count).